The van der Waals surface area contributed by atoms with E-state index in [4.69, 9.17) is 0 Å². The Hall–Kier alpha value is -0.560. The minimum Gasteiger partial charge on any atom is -0.393 e. The fourth-order valence-corrected chi connectivity index (χ4v) is 8.93. The molecule has 0 amide bonds. The van der Waals surface area contributed by atoms with Crippen molar-refractivity contribution < 1.29 is 5.11 Å². The molecule has 4 rings (SSSR count). The predicted octanol–water partition coefficient (Wildman–Crippen LogP) is 8.34. The summed E-state index contributed by atoms with van der Waals surface area (Å²) in [7, 11) is 0. The molecule has 0 radical (unpaired) electrons. The van der Waals surface area contributed by atoms with Crippen molar-refractivity contribution >= 4 is 0 Å². The average Bonchev–Trinajstić information content (AvgIpc) is 3.08. The summed E-state index contributed by atoms with van der Waals surface area (Å²) in [6.07, 6.45) is 18.1. The lowest BCUT2D eigenvalue weighted by molar-refractivity contribution is -0.0572. The predicted molar refractivity (Wildman–Crippen MR) is 133 cm³/mol. The van der Waals surface area contributed by atoms with Crippen molar-refractivity contribution in [1.82, 2.24) is 0 Å². The summed E-state index contributed by atoms with van der Waals surface area (Å²) in [5.74, 6) is 5.14. The highest BCUT2D eigenvalue weighted by molar-refractivity contribution is 5.25. The molecule has 3 saturated carbocycles. The van der Waals surface area contributed by atoms with Gasteiger partial charge in [0.15, 0.2) is 0 Å². The summed E-state index contributed by atoms with van der Waals surface area (Å²) < 4.78 is 0. The number of rotatable bonds is 7. The molecule has 0 aromatic rings. The molecule has 1 nitrogen and oxygen atoms in total. The highest BCUT2D eigenvalue weighted by atomic mass is 16.3. The maximum absolute atomic E-state index is 10.2. The van der Waals surface area contributed by atoms with Crippen LogP contribution in [0.2, 0.25) is 0 Å². The lowest BCUT2D eigenvalue weighted by atomic mass is 9.47. The lowest BCUT2D eigenvalue weighted by Crippen LogP contribution is -2.50. The molecule has 0 saturated heterocycles. The molecule has 0 spiro atoms. The fourth-order valence-electron chi connectivity index (χ4n) is 8.93. The van der Waals surface area contributed by atoms with E-state index in [9.17, 15) is 5.11 Å². The van der Waals surface area contributed by atoms with Gasteiger partial charge in [0.2, 0.25) is 0 Å². The van der Waals surface area contributed by atoms with E-state index in [1.54, 1.807) is 5.57 Å². The zero-order valence-electron chi connectivity index (χ0n) is 21.3. The first-order valence-electron chi connectivity index (χ1n) is 13.7. The molecule has 1 N–H and O–H groups in total. The van der Waals surface area contributed by atoms with E-state index in [1.165, 1.54) is 69.8 Å². The first kappa shape index (κ1) is 23.6. The highest BCUT2D eigenvalue weighted by Gasteiger charge is 2.59. The van der Waals surface area contributed by atoms with Gasteiger partial charge in [-0.15, -0.1) is 0 Å². The SMILES string of the molecule is C=C(CCCC[C@@H](C)[C@H]1CC[C@H]2[C@@H]3CC=C4C[C@@H](O)CC[C@]4(C)[C@H]3CC[C@]12C)C(C)C. The summed E-state index contributed by atoms with van der Waals surface area (Å²) in [5, 5.41) is 10.2. The van der Waals surface area contributed by atoms with E-state index < -0.39 is 0 Å². The van der Waals surface area contributed by atoms with Crippen LogP contribution in [0.15, 0.2) is 23.8 Å². The summed E-state index contributed by atoms with van der Waals surface area (Å²) in [4.78, 5) is 0. The van der Waals surface area contributed by atoms with Crippen LogP contribution >= 0.6 is 0 Å². The summed E-state index contributed by atoms with van der Waals surface area (Å²) >= 11 is 0. The van der Waals surface area contributed by atoms with Crippen LogP contribution in [0.5, 0.6) is 0 Å². The Labute approximate surface area is 193 Å². The molecule has 4 aliphatic rings. The second kappa shape index (κ2) is 9.00. The third kappa shape index (κ3) is 4.22. The van der Waals surface area contributed by atoms with Crippen molar-refractivity contribution in [3.63, 3.8) is 0 Å². The Morgan fingerprint density at radius 3 is 2.58 bits per heavy atom. The molecule has 0 aromatic carbocycles. The number of aliphatic hydroxyl groups is 1. The molecule has 4 aliphatic carbocycles. The van der Waals surface area contributed by atoms with Gasteiger partial charge in [-0.05, 0) is 111 Å². The third-order valence-electron chi connectivity index (χ3n) is 11.1. The van der Waals surface area contributed by atoms with Crippen LogP contribution < -0.4 is 0 Å². The van der Waals surface area contributed by atoms with E-state index in [-0.39, 0.29) is 6.10 Å². The molecular formula is C30H50O. The van der Waals surface area contributed by atoms with Crippen molar-refractivity contribution in [2.24, 2.45) is 46.3 Å². The van der Waals surface area contributed by atoms with E-state index >= 15 is 0 Å². The molecule has 176 valence electrons. The maximum atomic E-state index is 10.2. The van der Waals surface area contributed by atoms with E-state index in [1.807, 2.05) is 0 Å². The Kier molecular flexibility index (Phi) is 6.85. The average molecular weight is 427 g/mol. The summed E-state index contributed by atoms with van der Waals surface area (Å²) in [5.41, 5.74) is 4.00. The highest BCUT2D eigenvalue weighted by Crippen LogP contribution is 2.67. The quantitative estimate of drug-likeness (QED) is 0.320. The van der Waals surface area contributed by atoms with E-state index in [2.05, 4.69) is 47.3 Å². The van der Waals surface area contributed by atoms with Crippen LogP contribution in [0.4, 0.5) is 0 Å². The second-order valence-corrected chi connectivity index (χ2v) is 12.9. The monoisotopic (exact) mass is 426 g/mol. The molecule has 0 bridgehead atoms. The second-order valence-electron chi connectivity index (χ2n) is 12.9. The van der Waals surface area contributed by atoms with E-state index in [0.29, 0.717) is 16.7 Å². The van der Waals surface area contributed by atoms with Gasteiger partial charge in [0, 0.05) is 0 Å². The van der Waals surface area contributed by atoms with Crippen LogP contribution in [0.3, 0.4) is 0 Å². The van der Waals surface area contributed by atoms with Crippen LogP contribution in [-0.2, 0) is 0 Å². The van der Waals surface area contributed by atoms with Gasteiger partial charge in [-0.1, -0.05) is 71.3 Å². The van der Waals surface area contributed by atoms with Gasteiger partial charge in [-0.3, -0.25) is 0 Å². The van der Waals surface area contributed by atoms with Gasteiger partial charge < -0.3 is 5.11 Å². The molecule has 31 heavy (non-hydrogen) atoms. The number of unbranched alkanes of at least 4 members (excludes halogenated alkanes) is 1. The Morgan fingerprint density at radius 2 is 1.84 bits per heavy atom. The summed E-state index contributed by atoms with van der Waals surface area (Å²) in [6.45, 7) is 16.7. The first-order valence-corrected chi connectivity index (χ1v) is 13.7. The number of fused-ring (bicyclic) bond motifs is 5. The fraction of sp³-hybridized carbons (Fsp3) is 0.867. The number of allylic oxidation sites excluding steroid dienone is 2. The Morgan fingerprint density at radius 1 is 1.06 bits per heavy atom. The standard InChI is InChI=1S/C30H50O/c1-20(2)21(3)9-7-8-10-22(4)26-13-14-27-25-12-11-23-19-24(31)15-17-29(23,5)28(25)16-18-30(26,27)6/h11,20,22,24-28,31H,3,7-10,12-19H2,1-2,4-6H3/t22-,24+,25+,26-,27+,28+,29+,30-/m1/s1. The largest absolute Gasteiger partial charge is 0.393 e. The molecule has 0 unspecified atom stereocenters. The minimum atomic E-state index is -0.0841. The normalized spacial score (nSPS) is 43.1. The van der Waals surface area contributed by atoms with Crippen LogP contribution in [0, 0.1) is 46.3 Å². The molecule has 1 heteroatoms. The van der Waals surface area contributed by atoms with Crippen molar-refractivity contribution in [3.8, 4) is 0 Å². The molecule has 8 atom stereocenters. The maximum Gasteiger partial charge on any atom is 0.0577 e. The van der Waals surface area contributed by atoms with E-state index in [0.717, 1.165) is 42.4 Å². The van der Waals surface area contributed by atoms with Crippen LogP contribution in [-0.4, -0.2) is 11.2 Å². The molecule has 0 heterocycles. The van der Waals surface area contributed by atoms with Crippen molar-refractivity contribution in [2.75, 3.05) is 0 Å². The van der Waals surface area contributed by atoms with Crippen molar-refractivity contribution in [1.29, 1.82) is 0 Å². The van der Waals surface area contributed by atoms with Gasteiger partial charge >= 0.3 is 0 Å². The zero-order valence-corrected chi connectivity index (χ0v) is 21.3. The van der Waals surface area contributed by atoms with Gasteiger partial charge in [0.05, 0.1) is 6.10 Å². The molecule has 3 fully saturated rings. The van der Waals surface area contributed by atoms with Gasteiger partial charge in [0.25, 0.3) is 0 Å². The van der Waals surface area contributed by atoms with Gasteiger partial charge in [-0.25, -0.2) is 0 Å². The Balaban J connectivity index is 1.39. The first-order chi connectivity index (χ1) is 14.7. The molecular weight excluding hydrogens is 376 g/mol. The number of hydrogen-bond donors (Lipinski definition) is 1. The van der Waals surface area contributed by atoms with Crippen molar-refractivity contribution in [3.05, 3.63) is 23.8 Å². The van der Waals surface area contributed by atoms with Crippen LogP contribution in [0.1, 0.15) is 112 Å². The third-order valence-corrected chi connectivity index (χ3v) is 11.1. The lowest BCUT2D eigenvalue weighted by Gasteiger charge is -2.58. The number of aliphatic hydroxyl groups excluding tert-OH is 1. The Bertz CT molecular complexity index is 689. The smallest absolute Gasteiger partial charge is 0.0577 e. The zero-order chi connectivity index (χ0) is 22.4. The van der Waals surface area contributed by atoms with Crippen LogP contribution in [0.25, 0.3) is 0 Å². The molecule has 0 aliphatic heterocycles. The van der Waals surface area contributed by atoms with Crippen molar-refractivity contribution in [2.45, 2.75) is 118 Å². The molecule has 0 aromatic heterocycles. The minimum absolute atomic E-state index is 0.0841. The number of hydrogen-bond acceptors (Lipinski definition) is 1. The summed E-state index contributed by atoms with van der Waals surface area (Å²) in [6, 6.07) is 0. The topological polar surface area (TPSA) is 20.2 Å². The van der Waals surface area contributed by atoms with Gasteiger partial charge in [-0.2, -0.15) is 0 Å². The van der Waals surface area contributed by atoms with Gasteiger partial charge in [0.1, 0.15) is 0 Å².